The molecule has 3 rings (SSSR count). The summed E-state index contributed by atoms with van der Waals surface area (Å²) in [6.07, 6.45) is 0. The molecule has 2 aromatic rings. The number of carbonyl (C=O) groups excluding carboxylic acids is 2. The number of nitrogens with zero attached hydrogens (tertiary/aromatic N) is 2. The number of hydrogen-bond donors (Lipinski definition) is 0. The van der Waals surface area contributed by atoms with E-state index < -0.39 is 39.7 Å². The summed E-state index contributed by atoms with van der Waals surface area (Å²) < 4.78 is 26.6. The molecule has 0 unspecified atom stereocenters. The summed E-state index contributed by atoms with van der Waals surface area (Å²) in [4.78, 5) is 35.0. The fourth-order valence-corrected chi connectivity index (χ4v) is 2.26. The minimum atomic E-state index is -1.44. The van der Waals surface area contributed by atoms with E-state index in [9.17, 15) is 28.5 Å². The molecule has 2 amide bonds. The Morgan fingerprint density at radius 3 is 1.95 bits per heavy atom. The number of anilines is 1. The first-order chi connectivity index (χ1) is 10.4. The Labute approximate surface area is 121 Å². The predicted molar refractivity (Wildman–Crippen MR) is 70.6 cm³/mol. The van der Waals surface area contributed by atoms with Crippen LogP contribution in [-0.2, 0) is 0 Å². The molecule has 0 saturated heterocycles. The first-order valence-corrected chi connectivity index (χ1v) is 6.03. The lowest BCUT2D eigenvalue weighted by molar-refractivity contribution is -0.384. The summed E-state index contributed by atoms with van der Waals surface area (Å²) in [7, 11) is 0. The number of rotatable bonds is 2. The molecule has 1 aliphatic rings. The van der Waals surface area contributed by atoms with Crippen molar-refractivity contribution < 1.29 is 23.3 Å². The van der Waals surface area contributed by atoms with Gasteiger partial charge in [0, 0.05) is 6.07 Å². The van der Waals surface area contributed by atoms with Crippen molar-refractivity contribution in [3.05, 3.63) is 69.3 Å². The lowest BCUT2D eigenvalue weighted by Gasteiger charge is -2.14. The van der Waals surface area contributed by atoms with Gasteiger partial charge in [-0.1, -0.05) is 12.1 Å². The molecule has 110 valence electrons. The molecule has 2 aromatic carbocycles. The minimum absolute atomic E-state index is 0.0477. The van der Waals surface area contributed by atoms with Crippen molar-refractivity contribution in [3.8, 4) is 0 Å². The third-order valence-corrected chi connectivity index (χ3v) is 3.25. The zero-order valence-electron chi connectivity index (χ0n) is 10.7. The van der Waals surface area contributed by atoms with Crippen molar-refractivity contribution in [1.82, 2.24) is 0 Å². The largest absolute Gasteiger partial charge is 0.296 e. The van der Waals surface area contributed by atoms with E-state index in [1.165, 1.54) is 24.3 Å². The Kier molecular flexibility index (Phi) is 2.94. The molecule has 8 heteroatoms. The van der Waals surface area contributed by atoms with Crippen LogP contribution < -0.4 is 4.90 Å². The van der Waals surface area contributed by atoms with Crippen LogP contribution in [-0.4, -0.2) is 16.7 Å². The highest BCUT2D eigenvalue weighted by Crippen LogP contribution is 2.35. The Bertz CT molecular complexity index is 816. The Hall–Kier alpha value is -3.16. The molecular formula is C14H6F2N2O4. The van der Waals surface area contributed by atoms with Gasteiger partial charge in [-0.05, 0) is 12.1 Å². The lowest BCUT2D eigenvalue weighted by Crippen LogP contribution is -2.30. The maximum absolute atomic E-state index is 13.4. The summed E-state index contributed by atoms with van der Waals surface area (Å²) in [6, 6.07) is 6.60. The summed E-state index contributed by atoms with van der Waals surface area (Å²) in [5, 5.41) is 11.0. The first kappa shape index (κ1) is 13.8. The maximum Gasteiger partial charge on any atom is 0.296 e. The number of nitro groups is 1. The van der Waals surface area contributed by atoms with E-state index in [-0.39, 0.29) is 11.1 Å². The molecule has 1 aliphatic heterocycles. The van der Waals surface area contributed by atoms with E-state index in [0.717, 1.165) is 0 Å². The minimum Gasteiger partial charge on any atom is -0.268 e. The number of nitro benzene ring substituents is 1. The van der Waals surface area contributed by atoms with Crippen molar-refractivity contribution in [2.24, 2.45) is 0 Å². The van der Waals surface area contributed by atoms with Gasteiger partial charge in [-0.3, -0.25) is 19.7 Å². The maximum atomic E-state index is 13.4. The molecule has 22 heavy (non-hydrogen) atoms. The van der Waals surface area contributed by atoms with Gasteiger partial charge in [-0.2, -0.15) is 0 Å². The van der Waals surface area contributed by atoms with Gasteiger partial charge < -0.3 is 0 Å². The zero-order valence-corrected chi connectivity index (χ0v) is 10.7. The summed E-state index contributed by atoms with van der Waals surface area (Å²) in [6.45, 7) is 0. The highest BCUT2D eigenvalue weighted by atomic mass is 19.2. The van der Waals surface area contributed by atoms with E-state index in [2.05, 4.69) is 0 Å². The van der Waals surface area contributed by atoms with Crippen molar-refractivity contribution in [1.29, 1.82) is 0 Å². The molecule has 0 N–H and O–H groups in total. The van der Waals surface area contributed by atoms with E-state index >= 15 is 0 Å². The van der Waals surface area contributed by atoms with Gasteiger partial charge in [0.25, 0.3) is 17.5 Å². The van der Waals surface area contributed by atoms with Gasteiger partial charge in [0.1, 0.15) is 5.69 Å². The SMILES string of the molecule is O=C1c2ccccc2C(=O)N1c1cc(F)c(F)cc1[N+](=O)[O-]. The number of benzene rings is 2. The van der Waals surface area contributed by atoms with Crippen LogP contribution in [0.2, 0.25) is 0 Å². The summed E-state index contributed by atoms with van der Waals surface area (Å²) in [5.74, 6) is -4.48. The predicted octanol–water partition coefficient (Wildman–Crippen LogP) is 2.67. The van der Waals surface area contributed by atoms with Gasteiger partial charge in [0.05, 0.1) is 22.1 Å². The fourth-order valence-electron chi connectivity index (χ4n) is 2.26. The van der Waals surface area contributed by atoms with Crippen molar-refractivity contribution in [2.75, 3.05) is 4.90 Å². The number of fused-ring (bicyclic) bond motifs is 1. The normalized spacial score (nSPS) is 13.5. The Morgan fingerprint density at radius 2 is 1.45 bits per heavy atom. The summed E-state index contributed by atoms with van der Waals surface area (Å²) >= 11 is 0. The van der Waals surface area contributed by atoms with Gasteiger partial charge in [0.15, 0.2) is 11.6 Å². The van der Waals surface area contributed by atoms with Gasteiger partial charge in [-0.15, -0.1) is 0 Å². The third-order valence-electron chi connectivity index (χ3n) is 3.25. The molecule has 0 fully saturated rings. The van der Waals surface area contributed by atoms with Crippen LogP contribution in [0.3, 0.4) is 0 Å². The molecule has 0 aromatic heterocycles. The molecule has 0 spiro atoms. The quantitative estimate of drug-likeness (QED) is 0.485. The number of imide groups is 1. The lowest BCUT2D eigenvalue weighted by atomic mass is 10.1. The Balaban J connectivity index is 2.22. The number of halogens is 2. The first-order valence-electron chi connectivity index (χ1n) is 6.03. The average molecular weight is 304 g/mol. The molecule has 0 aliphatic carbocycles. The molecule has 0 saturated carbocycles. The Morgan fingerprint density at radius 1 is 0.955 bits per heavy atom. The van der Waals surface area contributed by atoms with Crippen molar-refractivity contribution in [3.63, 3.8) is 0 Å². The van der Waals surface area contributed by atoms with Crippen LogP contribution in [0.1, 0.15) is 20.7 Å². The van der Waals surface area contributed by atoms with Gasteiger partial charge in [-0.25, -0.2) is 13.7 Å². The topological polar surface area (TPSA) is 80.5 Å². The summed E-state index contributed by atoms with van der Waals surface area (Å²) in [5.41, 5.74) is -1.37. The van der Waals surface area contributed by atoms with Crippen LogP contribution in [0.4, 0.5) is 20.2 Å². The standard InChI is InChI=1S/C14H6F2N2O4/c15-9-5-11(12(18(21)22)6-10(9)16)17-13(19)7-3-1-2-4-8(7)14(17)20/h1-6H. The van der Waals surface area contributed by atoms with Crippen molar-refractivity contribution in [2.45, 2.75) is 0 Å². The fraction of sp³-hybridized carbons (Fsp3) is 0. The number of amides is 2. The molecule has 0 bridgehead atoms. The van der Waals surface area contributed by atoms with E-state index in [1.54, 1.807) is 0 Å². The van der Waals surface area contributed by atoms with Gasteiger partial charge >= 0.3 is 0 Å². The van der Waals surface area contributed by atoms with Crippen LogP contribution in [0.25, 0.3) is 0 Å². The smallest absolute Gasteiger partial charge is 0.268 e. The van der Waals surface area contributed by atoms with Gasteiger partial charge in [0.2, 0.25) is 0 Å². The number of carbonyl (C=O) groups is 2. The average Bonchev–Trinajstić information content (AvgIpc) is 2.74. The second-order valence-corrected chi connectivity index (χ2v) is 4.50. The molecular weight excluding hydrogens is 298 g/mol. The molecule has 6 nitrogen and oxygen atoms in total. The molecule has 1 heterocycles. The van der Waals surface area contributed by atoms with E-state index in [0.29, 0.717) is 17.0 Å². The second kappa shape index (κ2) is 4.69. The van der Waals surface area contributed by atoms with Crippen LogP contribution >= 0.6 is 0 Å². The van der Waals surface area contributed by atoms with Crippen LogP contribution in [0.5, 0.6) is 0 Å². The van der Waals surface area contributed by atoms with Crippen LogP contribution in [0.15, 0.2) is 36.4 Å². The van der Waals surface area contributed by atoms with Crippen LogP contribution in [0, 0.1) is 21.7 Å². The van der Waals surface area contributed by atoms with E-state index in [1.807, 2.05) is 0 Å². The monoisotopic (exact) mass is 304 g/mol. The highest BCUT2D eigenvalue weighted by Gasteiger charge is 2.40. The van der Waals surface area contributed by atoms with Crippen molar-refractivity contribution >= 4 is 23.2 Å². The highest BCUT2D eigenvalue weighted by molar-refractivity contribution is 6.35. The molecule has 0 radical (unpaired) electrons. The van der Waals surface area contributed by atoms with E-state index in [4.69, 9.17) is 0 Å². The number of hydrogen-bond acceptors (Lipinski definition) is 4. The zero-order chi connectivity index (χ0) is 16.0. The third kappa shape index (κ3) is 1.85. The molecule has 0 atom stereocenters. The second-order valence-electron chi connectivity index (χ2n) is 4.50.